The quantitative estimate of drug-likeness (QED) is 0.431. The molecule has 1 aliphatic carbocycles. The predicted molar refractivity (Wildman–Crippen MR) is 127 cm³/mol. The van der Waals surface area contributed by atoms with Crippen molar-refractivity contribution in [1.29, 1.82) is 0 Å². The minimum atomic E-state index is -0.651. The van der Waals surface area contributed by atoms with Gasteiger partial charge in [0.05, 0.1) is 16.8 Å². The summed E-state index contributed by atoms with van der Waals surface area (Å²) in [5, 5.41) is 14.3. The minimum absolute atomic E-state index is 0.0637. The second kappa shape index (κ2) is 9.25. The molecule has 0 atom stereocenters. The van der Waals surface area contributed by atoms with Crippen molar-refractivity contribution >= 4 is 22.4 Å². The van der Waals surface area contributed by atoms with E-state index in [-0.39, 0.29) is 23.6 Å². The molecular weight excluding hydrogens is 405 g/mol. The normalized spacial score (nSPS) is 18.6. The van der Waals surface area contributed by atoms with E-state index in [9.17, 15) is 14.3 Å². The number of rotatable bonds is 6. The van der Waals surface area contributed by atoms with Crippen LogP contribution < -0.4 is 11.1 Å². The van der Waals surface area contributed by atoms with Crippen molar-refractivity contribution in [3.8, 4) is 16.9 Å². The van der Waals surface area contributed by atoms with E-state index in [2.05, 4.69) is 10.3 Å². The SMILES string of the molecule is CCCC(=O)c1cnc2ccc(-c3cc(C)c(O)c(F)c3)cc2c1NC1CCC(N)CC1. The second-order valence-electron chi connectivity index (χ2n) is 8.83. The number of anilines is 1. The molecule has 32 heavy (non-hydrogen) atoms. The zero-order valence-electron chi connectivity index (χ0n) is 18.6. The van der Waals surface area contributed by atoms with Crippen LogP contribution in [0.2, 0.25) is 0 Å². The van der Waals surface area contributed by atoms with Crippen LogP contribution in [0.4, 0.5) is 10.1 Å². The minimum Gasteiger partial charge on any atom is -0.505 e. The Morgan fingerprint density at radius 1 is 1.19 bits per heavy atom. The zero-order chi connectivity index (χ0) is 22.8. The Morgan fingerprint density at radius 3 is 2.62 bits per heavy atom. The number of hydrogen-bond donors (Lipinski definition) is 3. The summed E-state index contributed by atoms with van der Waals surface area (Å²) in [6, 6.07) is 9.30. The summed E-state index contributed by atoms with van der Waals surface area (Å²) in [7, 11) is 0. The molecule has 1 aliphatic rings. The van der Waals surface area contributed by atoms with Crippen LogP contribution >= 0.6 is 0 Å². The maximum atomic E-state index is 14.2. The van der Waals surface area contributed by atoms with Gasteiger partial charge in [-0.15, -0.1) is 0 Å². The average molecular weight is 436 g/mol. The molecule has 0 aliphatic heterocycles. The summed E-state index contributed by atoms with van der Waals surface area (Å²) in [4.78, 5) is 17.4. The number of hydrogen-bond acceptors (Lipinski definition) is 5. The Morgan fingerprint density at radius 2 is 1.94 bits per heavy atom. The first-order valence-corrected chi connectivity index (χ1v) is 11.3. The van der Waals surface area contributed by atoms with Crippen molar-refractivity contribution in [2.45, 2.75) is 64.5 Å². The van der Waals surface area contributed by atoms with Crippen LogP contribution in [0, 0.1) is 12.7 Å². The average Bonchev–Trinajstić information content (AvgIpc) is 2.78. The number of benzene rings is 2. The van der Waals surface area contributed by atoms with E-state index in [4.69, 9.17) is 5.73 Å². The molecule has 1 fully saturated rings. The molecular formula is C26H30FN3O2. The highest BCUT2D eigenvalue weighted by atomic mass is 19.1. The molecule has 2 aromatic carbocycles. The van der Waals surface area contributed by atoms with Crippen LogP contribution in [-0.2, 0) is 0 Å². The van der Waals surface area contributed by atoms with Crippen molar-refractivity contribution in [1.82, 2.24) is 4.98 Å². The van der Waals surface area contributed by atoms with Gasteiger partial charge >= 0.3 is 0 Å². The third kappa shape index (κ3) is 4.46. The summed E-state index contributed by atoms with van der Waals surface area (Å²) in [6.07, 6.45) is 6.71. The molecule has 0 radical (unpaired) electrons. The van der Waals surface area contributed by atoms with E-state index < -0.39 is 5.82 Å². The first-order valence-electron chi connectivity index (χ1n) is 11.3. The van der Waals surface area contributed by atoms with Gasteiger partial charge in [-0.05, 0) is 80.0 Å². The second-order valence-corrected chi connectivity index (χ2v) is 8.83. The Labute approximate surface area is 187 Å². The number of halogens is 1. The Bertz CT molecular complexity index is 1130. The monoisotopic (exact) mass is 435 g/mol. The Kier molecular flexibility index (Phi) is 6.42. The number of ketones is 1. The molecule has 4 N–H and O–H groups in total. The van der Waals surface area contributed by atoms with Crippen LogP contribution in [0.25, 0.3) is 22.0 Å². The number of carbonyl (C=O) groups excluding carboxylic acids is 1. The van der Waals surface area contributed by atoms with Crippen LogP contribution in [0.3, 0.4) is 0 Å². The van der Waals surface area contributed by atoms with Gasteiger partial charge in [0.2, 0.25) is 0 Å². The molecule has 0 unspecified atom stereocenters. The highest BCUT2D eigenvalue weighted by Crippen LogP contribution is 2.35. The lowest BCUT2D eigenvalue weighted by Crippen LogP contribution is -2.33. The van der Waals surface area contributed by atoms with E-state index in [1.807, 2.05) is 25.1 Å². The summed E-state index contributed by atoms with van der Waals surface area (Å²) in [6.45, 7) is 3.66. The van der Waals surface area contributed by atoms with Crippen LogP contribution in [0.5, 0.6) is 5.75 Å². The zero-order valence-corrected chi connectivity index (χ0v) is 18.6. The fourth-order valence-electron chi connectivity index (χ4n) is 4.47. The molecule has 0 spiro atoms. The van der Waals surface area contributed by atoms with Gasteiger partial charge < -0.3 is 16.2 Å². The number of phenols is 1. The van der Waals surface area contributed by atoms with E-state index in [1.54, 1.807) is 19.2 Å². The third-order valence-electron chi connectivity index (χ3n) is 6.35. The summed E-state index contributed by atoms with van der Waals surface area (Å²) in [5.41, 5.74) is 10.2. The van der Waals surface area contributed by atoms with Gasteiger partial charge in [-0.1, -0.05) is 13.0 Å². The molecule has 0 bridgehead atoms. The van der Waals surface area contributed by atoms with Gasteiger partial charge in [0.1, 0.15) is 0 Å². The number of aryl methyl sites for hydroxylation is 1. The topological polar surface area (TPSA) is 88.2 Å². The van der Waals surface area contributed by atoms with Gasteiger partial charge in [0, 0.05) is 30.1 Å². The predicted octanol–water partition coefficient (Wildman–Crippen LogP) is 5.72. The summed E-state index contributed by atoms with van der Waals surface area (Å²) < 4.78 is 14.2. The number of nitrogens with one attached hydrogen (secondary N) is 1. The third-order valence-corrected chi connectivity index (χ3v) is 6.35. The number of carbonyl (C=O) groups is 1. The van der Waals surface area contributed by atoms with Crippen molar-refractivity contribution in [3.63, 3.8) is 0 Å². The maximum absolute atomic E-state index is 14.2. The van der Waals surface area contributed by atoms with Crippen LogP contribution in [0.1, 0.15) is 61.4 Å². The fraction of sp³-hybridized carbons (Fsp3) is 0.385. The van der Waals surface area contributed by atoms with Gasteiger partial charge in [0.15, 0.2) is 17.3 Å². The fourth-order valence-corrected chi connectivity index (χ4v) is 4.47. The molecule has 168 valence electrons. The van der Waals surface area contributed by atoms with E-state index in [0.29, 0.717) is 23.1 Å². The van der Waals surface area contributed by atoms with Crippen molar-refractivity contribution in [2.24, 2.45) is 5.73 Å². The number of aromatic nitrogens is 1. The smallest absolute Gasteiger partial charge is 0.166 e. The molecule has 1 aromatic heterocycles. The lowest BCUT2D eigenvalue weighted by Gasteiger charge is -2.29. The number of fused-ring (bicyclic) bond motifs is 1. The maximum Gasteiger partial charge on any atom is 0.166 e. The van der Waals surface area contributed by atoms with Crippen LogP contribution in [0.15, 0.2) is 36.5 Å². The Hall–Kier alpha value is -2.99. The largest absolute Gasteiger partial charge is 0.505 e. The number of phenolic OH excluding ortho intramolecular Hbond substituents is 1. The number of nitrogens with zero attached hydrogens (tertiary/aromatic N) is 1. The van der Waals surface area contributed by atoms with Gasteiger partial charge in [0.25, 0.3) is 0 Å². The lowest BCUT2D eigenvalue weighted by molar-refractivity contribution is 0.0982. The standard InChI is InChI=1S/C26H30FN3O2/c1-3-4-24(31)21-14-29-23-10-5-16(17-11-15(2)26(32)22(27)13-17)12-20(23)25(21)30-19-8-6-18(28)7-9-19/h5,10-14,18-19,32H,3-4,6-9,28H2,1-2H3,(H,29,30). The van der Waals surface area contributed by atoms with Gasteiger partial charge in [-0.2, -0.15) is 0 Å². The number of Topliss-reactive ketones (excluding diaryl/α,β-unsaturated/α-hetero) is 1. The van der Waals surface area contributed by atoms with E-state index in [1.165, 1.54) is 6.07 Å². The highest BCUT2D eigenvalue weighted by Gasteiger charge is 2.22. The first-order chi connectivity index (χ1) is 15.4. The van der Waals surface area contributed by atoms with Crippen LogP contribution in [-0.4, -0.2) is 28.0 Å². The molecule has 1 saturated carbocycles. The molecule has 4 rings (SSSR count). The van der Waals surface area contributed by atoms with Crippen molar-refractivity contribution in [2.75, 3.05) is 5.32 Å². The molecule has 0 amide bonds. The van der Waals surface area contributed by atoms with E-state index in [0.717, 1.165) is 54.3 Å². The van der Waals surface area contributed by atoms with E-state index >= 15 is 0 Å². The number of aromatic hydroxyl groups is 1. The molecule has 5 nitrogen and oxygen atoms in total. The van der Waals surface area contributed by atoms with Gasteiger partial charge in [-0.25, -0.2) is 4.39 Å². The van der Waals surface area contributed by atoms with Crippen molar-refractivity contribution < 1.29 is 14.3 Å². The highest BCUT2D eigenvalue weighted by molar-refractivity contribution is 6.08. The van der Waals surface area contributed by atoms with Gasteiger partial charge in [-0.3, -0.25) is 9.78 Å². The summed E-state index contributed by atoms with van der Waals surface area (Å²) in [5.74, 6) is -0.919. The molecule has 1 heterocycles. The molecule has 6 heteroatoms. The number of nitrogens with two attached hydrogens (primary N) is 1. The Balaban J connectivity index is 1.83. The number of pyridine rings is 1. The summed E-state index contributed by atoms with van der Waals surface area (Å²) >= 11 is 0. The van der Waals surface area contributed by atoms with Crippen molar-refractivity contribution in [3.05, 3.63) is 53.5 Å². The first kappa shape index (κ1) is 22.2. The molecule has 0 saturated heterocycles. The molecule has 3 aromatic rings. The lowest BCUT2D eigenvalue weighted by atomic mass is 9.91.